The van der Waals surface area contributed by atoms with Crippen LogP contribution in [0.25, 0.3) is 0 Å². The number of methoxy groups -OCH3 is 3. The van der Waals surface area contributed by atoms with Gasteiger partial charge in [-0.25, -0.2) is 4.98 Å². The molecule has 1 aromatic carbocycles. The molecule has 0 fully saturated rings. The van der Waals surface area contributed by atoms with Gasteiger partial charge in [0.2, 0.25) is 5.75 Å². The average Bonchev–Trinajstić information content (AvgIpc) is 3.19. The zero-order chi connectivity index (χ0) is 19.8. The summed E-state index contributed by atoms with van der Waals surface area (Å²) in [5.74, 6) is 2.30. The smallest absolute Gasteiger partial charge is 0.271 e. The summed E-state index contributed by atoms with van der Waals surface area (Å²) in [4.78, 5) is 16.8. The molecule has 0 radical (unpaired) electrons. The van der Waals surface area contributed by atoms with Gasteiger partial charge in [-0.2, -0.15) is 11.8 Å². The van der Waals surface area contributed by atoms with Crippen molar-refractivity contribution in [1.29, 1.82) is 0 Å². The zero-order valence-electron chi connectivity index (χ0n) is 15.9. The van der Waals surface area contributed by atoms with Gasteiger partial charge in [-0.05, 0) is 36.1 Å². The van der Waals surface area contributed by atoms with E-state index in [9.17, 15) is 4.79 Å². The minimum absolute atomic E-state index is 0.140. The number of amides is 1. The van der Waals surface area contributed by atoms with Crippen LogP contribution in [-0.4, -0.2) is 44.2 Å². The van der Waals surface area contributed by atoms with Crippen molar-refractivity contribution in [2.45, 2.75) is 19.0 Å². The molecule has 1 amide bonds. The number of ether oxygens (including phenoxy) is 3. The Balaban J connectivity index is 2.04. The molecule has 9 heteroatoms. The maximum absolute atomic E-state index is 12.4. The first kappa shape index (κ1) is 21.3. The molecule has 0 bridgehead atoms. The first-order valence-corrected chi connectivity index (χ1v) is 10.6. The van der Waals surface area contributed by atoms with Crippen LogP contribution in [-0.2, 0) is 6.54 Å². The molecule has 1 atom stereocenters. The molecule has 0 saturated heterocycles. The largest absolute Gasteiger partial charge is 0.493 e. The van der Waals surface area contributed by atoms with E-state index in [4.69, 9.17) is 19.9 Å². The Morgan fingerprint density at radius 3 is 2.48 bits per heavy atom. The fourth-order valence-electron chi connectivity index (χ4n) is 2.44. The Labute approximate surface area is 167 Å². The number of rotatable bonds is 10. The number of carbonyl (C=O) groups is 1. The molecule has 0 aliphatic rings. The van der Waals surface area contributed by atoms with Gasteiger partial charge in [0.1, 0.15) is 10.7 Å². The van der Waals surface area contributed by atoms with Crippen molar-refractivity contribution in [3.05, 3.63) is 33.8 Å². The van der Waals surface area contributed by atoms with Crippen LogP contribution in [0.15, 0.2) is 17.5 Å². The van der Waals surface area contributed by atoms with Gasteiger partial charge in [0.25, 0.3) is 5.91 Å². The van der Waals surface area contributed by atoms with Crippen molar-refractivity contribution in [1.82, 2.24) is 10.3 Å². The number of nitrogens with two attached hydrogens (primary N) is 1. The topological polar surface area (TPSA) is 95.7 Å². The van der Waals surface area contributed by atoms with Crippen LogP contribution in [0.3, 0.4) is 0 Å². The third kappa shape index (κ3) is 5.50. The summed E-state index contributed by atoms with van der Waals surface area (Å²) in [6.07, 6.45) is 2.87. The number of aromatic nitrogens is 1. The highest BCUT2D eigenvalue weighted by Gasteiger charge is 2.16. The van der Waals surface area contributed by atoms with Gasteiger partial charge in [0.05, 0.1) is 27.4 Å². The van der Waals surface area contributed by atoms with Gasteiger partial charge in [-0.3, -0.25) is 4.79 Å². The van der Waals surface area contributed by atoms with Crippen molar-refractivity contribution in [2.24, 2.45) is 5.73 Å². The second-order valence-corrected chi connectivity index (χ2v) is 7.55. The standard InChI is InChI=1S/C18H25N3O4S2/c1-23-14-7-11(8-15(24-2)16(14)25-3)9-20-17(22)13-10-27-18(21-13)12(19)5-6-26-4/h7-8,10,12H,5-6,9,19H2,1-4H3,(H,20,22). The molecule has 3 N–H and O–H groups in total. The lowest BCUT2D eigenvalue weighted by atomic mass is 10.1. The third-order valence-corrected chi connectivity index (χ3v) is 5.50. The van der Waals surface area contributed by atoms with Gasteiger partial charge >= 0.3 is 0 Å². The quantitative estimate of drug-likeness (QED) is 0.621. The van der Waals surface area contributed by atoms with Crippen LogP contribution in [0.5, 0.6) is 17.2 Å². The highest BCUT2D eigenvalue weighted by molar-refractivity contribution is 7.98. The maximum Gasteiger partial charge on any atom is 0.271 e. The van der Waals surface area contributed by atoms with Crippen molar-refractivity contribution in [3.8, 4) is 17.2 Å². The van der Waals surface area contributed by atoms with Gasteiger partial charge in [0.15, 0.2) is 11.5 Å². The summed E-state index contributed by atoms with van der Waals surface area (Å²) < 4.78 is 16.0. The SMILES string of the molecule is COc1cc(CNC(=O)c2csc(C(N)CCSC)n2)cc(OC)c1OC. The number of hydrogen-bond acceptors (Lipinski definition) is 8. The predicted octanol–water partition coefficient (Wildman–Crippen LogP) is 2.85. The number of nitrogens with one attached hydrogen (secondary N) is 1. The van der Waals surface area contributed by atoms with Crippen molar-refractivity contribution >= 4 is 29.0 Å². The fraction of sp³-hybridized carbons (Fsp3) is 0.444. The van der Waals surface area contributed by atoms with E-state index in [1.54, 1.807) is 50.6 Å². The third-order valence-electron chi connectivity index (χ3n) is 3.88. The molecule has 1 heterocycles. The first-order valence-electron chi connectivity index (χ1n) is 8.31. The highest BCUT2D eigenvalue weighted by Crippen LogP contribution is 2.38. The summed E-state index contributed by atoms with van der Waals surface area (Å²) >= 11 is 3.15. The van der Waals surface area contributed by atoms with Crippen molar-refractivity contribution < 1.29 is 19.0 Å². The Hall–Kier alpha value is -1.97. The van der Waals surface area contributed by atoms with Gasteiger partial charge in [-0.15, -0.1) is 11.3 Å². The van der Waals surface area contributed by atoms with Gasteiger partial charge < -0.3 is 25.3 Å². The van der Waals surface area contributed by atoms with Crippen LogP contribution in [0.4, 0.5) is 0 Å². The van der Waals surface area contributed by atoms with Crippen molar-refractivity contribution in [3.63, 3.8) is 0 Å². The second kappa shape index (κ2) is 10.4. The molecule has 2 aromatic rings. The second-order valence-electron chi connectivity index (χ2n) is 5.68. The van der Waals surface area contributed by atoms with E-state index in [1.165, 1.54) is 11.3 Å². The minimum Gasteiger partial charge on any atom is -0.493 e. The molecular weight excluding hydrogens is 386 g/mol. The molecule has 0 aliphatic heterocycles. The lowest BCUT2D eigenvalue weighted by Crippen LogP contribution is -2.23. The summed E-state index contributed by atoms with van der Waals surface area (Å²) in [5.41, 5.74) is 7.31. The summed E-state index contributed by atoms with van der Waals surface area (Å²) in [7, 11) is 4.65. The predicted molar refractivity (Wildman–Crippen MR) is 109 cm³/mol. The number of thiazole rings is 1. The number of hydrogen-bond donors (Lipinski definition) is 2. The molecule has 27 heavy (non-hydrogen) atoms. The first-order chi connectivity index (χ1) is 13.0. The number of thioether (sulfide) groups is 1. The fourth-order valence-corrected chi connectivity index (χ4v) is 3.77. The molecular formula is C18H25N3O4S2. The highest BCUT2D eigenvalue weighted by atomic mass is 32.2. The zero-order valence-corrected chi connectivity index (χ0v) is 17.5. The lowest BCUT2D eigenvalue weighted by molar-refractivity contribution is 0.0946. The monoisotopic (exact) mass is 411 g/mol. The number of benzene rings is 1. The van der Waals surface area contributed by atoms with E-state index >= 15 is 0 Å². The van der Waals surface area contributed by atoms with E-state index in [1.807, 2.05) is 6.26 Å². The summed E-state index contributed by atoms with van der Waals surface area (Å²) in [6, 6.07) is 3.46. The van der Waals surface area contributed by atoms with Crippen LogP contribution in [0, 0.1) is 0 Å². The Morgan fingerprint density at radius 2 is 1.93 bits per heavy atom. The molecule has 1 aromatic heterocycles. The Bertz CT molecular complexity index is 742. The van der Waals surface area contributed by atoms with Crippen LogP contribution in [0.1, 0.15) is 33.5 Å². The molecule has 0 spiro atoms. The van der Waals surface area contributed by atoms with E-state index in [2.05, 4.69) is 10.3 Å². The van der Waals surface area contributed by atoms with Crippen molar-refractivity contribution in [2.75, 3.05) is 33.3 Å². The Kier molecular flexibility index (Phi) is 8.21. The molecule has 2 rings (SSSR count). The van der Waals surface area contributed by atoms with E-state index in [0.29, 0.717) is 29.5 Å². The molecule has 1 unspecified atom stereocenters. The Morgan fingerprint density at radius 1 is 1.26 bits per heavy atom. The van der Waals surface area contributed by atoms with Crippen LogP contribution < -0.4 is 25.3 Å². The molecule has 0 aliphatic carbocycles. The molecule has 0 saturated carbocycles. The van der Waals surface area contributed by atoms with E-state index in [0.717, 1.165) is 22.7 Å². The van der Waals surface area contributed by atoms with Crippen LogP contribution in [0.2, 0.25) is 0 Å². The van der Waals surface area contributed by atoms with E-state index < -0.39 is 0 Å². The van der Waals surface area contributed by atoms with Crippen LogP contribution >= 0.6 is 23.1 Å². The van der Waals surface area contributed by atoms with Gasteiger partial charge in [-0.1, -0.05) is 0 Å². The average molecular weight is 412 g/mol. The minimum atomic E-state index is -0.247. The lowest BCUT2D eigenvalue weighted by Gasteiger charge is -2.14. The molecule has 148 valence electrons. The summed E-state index contributed by atoms with van der Waals surface area (Å²) in [5, 5.41) is 5.37. The maximum atomic E-state index is 12.4. The number of carbonyl (C=O) groups excluding carboxylic acids is 1. The normalized spacial score (nSPS) is 11.7. The van der Waals surface area contributed by atoms with E-state index in [-0.39, 0.29) is 11.9 Å². The van der Waals surface area contributed by atoms with Gasteiger partial charge in [0, 0.05) is 11.9 Å². The summed E-state index contributed by atoms with van der Waals surface area (Å²) in [6.45, 7) is 0.306. The molecule has 7 nitrogen and oxygen atoms in total. The number of nitrogens with zero attached hydrogens (tertiary/aromatic N) is 1.